The van der Waals surface area contributed by atoms with Crippen molar-refractivity contribution in [2.75, 3.05) is 0 Å². The molecule has 11 unspecified atom stereocenters. The summed E-state index contributed by atoms with van der Waals surface area (Å²) in [6.07, 6.45) is 3.69. The number of hydrogen-bond acceptors (Lipinski definition) is 7. The van der Waals surface area contributed by atoms with Gasteiger partial charge in [-0.1, -0.05) is 33.3 Å². The van der Waals surface area contributed by atoms with Gasteiger partial charge in [0.1, 0.15) is 11.7 Å². The van der Waals surface area contributed by atoms with Crippen molar-refractivity contribution in [1.82, 2.24) is 0 Å². The third-order valence-electron chi connectivity index (χ3n) is 12.2. The molecule has 38 heavy (non-hydrogen) atoms. The van der Waals surface area contributed by atoms with Crippen molar-refractivity contribution < 1.29 is 35.0 Å². The predicted octanol–water partition coefficient (Wildman–Crippen LogP) is 5.26. The summed E-state index contributed by atoms with van der Waals surface area (Å²) < 4.78 is 5.63. The molecule has 218 valence electrons. The molecule has 0 spiro atoms. The molecule has 0 aromatic rings. The van der Waals surface area contributed by atoms with Crippen molar-refractivity contribution in [3.05, 3.63) is 11.1 Å². The number of allylic oxidation sites excluding steroid dienone is 1. The van der Waals surface area contributed by atoms with Crippen LogP contribution in [0.2, 0.25) is 0 Å². The Morgan fingerprint density at radius 3 is 2.34 bits per heavy atom. The maximum atomic E-state index is 11.7. The van der Waals surface area contributed by atoms with Crippen LogP contribution in [0.3, 0.4) is 0 Å². The molecule has 0 radical (unpaired) electrons. The van der Waals surface area contributed by atoms with Crippen molar-refractivity contribution in [2.24, 2.45) is 40.4 Å². The largest absolute Gasteiger partial charge is 0.460 e. The van der Waals surface area contributed by atoms with Gasteiger partial charge >= 0.3 is 5.97 Å². The van der Waals surface area contributed by atoms with Crippen LogP contribution in [0.25, 0.3) is 0 Å². The standard InChI is InChI=1S/C31H52O7/c1-17(19(3)28(5,6)37-20(4)32)13-18(2)27-25(38-36)15-24-22-14-26(34)31(35)16-21(33)9-12-30(31,8)23(22)10-11-29(24,27)7/h17,19,21-26,33-36H,9-16H2,1-8H3. The second-order valence-electron chi connectivity index (χ2n) is 14.5. The number of hydrogen-bond donors (Lipinski definition) is 4. The fourth-order valence-electron chi connectivity index (χ4n) is 9.84. The first-order chi connectivity index (χ1) is 17.5. The SMILES string of the molecule is CC(=O)OC(C)(C)C(C)C(C)CC(C)=C1C(OO)CC2C3CC(O)C4(O)CC(O)CCC4(C)C3CCC12C. The lowest BCUT2D eigenvalue weighted by molar-refractivity contribution is -0.272. The first-order valence-electron chi connectivity index (χ1n) is 14.8. The zero-order chi connectivity index (χ0) is 28.4. The molecule has 4 aliphatic carbocycles. The van der Waals surface area contributed by atoms with Crippen LogP contribution >= 0.6 is 0 Å². The summed E-state index contributed by atoms with van der Waals surface area (Å²) in [6, 6.07) is 0. The fourth-order valence-corrected chi connectivity index (χ4v) is 9.84. The van der Waals surface area contributed by atoms with Crippen molar-refractivity contribution in [3.8, 4) is 0 Å². The van der Waals surface area contributed by atoms with Crippen LogP contribution < -0.4 is 0 Å². The zero-order valence-corrected chi connectivity index (χ0v) is 24.8. The molecule has 0 heterocycles. The molecule has 0 aromatic carbocycles. The molecule has 4 rings (SSSR count). The molecule has 11 atom stereocenters. The summed E-state index contributed by atoms with van der Waals surface area (Å²) in [7, 11) is 0. The topological polar surface area (TPSA) is 116 Å². The minimum absolute atomic E-state index is 0.129. The average Bonchev–Trinajstić information content (AvgIpc) is 3.12. The lowest BCUT2D eigenvalue weighted by Crippen LogP contribution is -2.68. The summed E-state index contributed by atoms with van der Waals surface area (Å²) >= 11 is 0. The zero-order valence-electron chi connectivity index (χ0n) is 24.8. The number of carbonyl (C=O) groups is 1. The molecular weight excluding hydrogens is 484 g/mol. The lowest BCUT2D eigenvalue weighted by Gasteiger charge is -2.65. The molecule has 4 saturated carbocycles. The van der Waals surface area contributed by atoms with Gasteiger partial charge in [-0.05, 0) is 106 Å². The van der Waals surface area contributed by atoms with Crippen molar-refractivity contribution >= 4 is 5.97 Å². The molecule has 4 fully saturated rings. The Labute approximate surface area is 228 Å². The summed E-state index contributed by atoms with van der Waals surface area (Å²) in [6.45, 7) is 16.3. The van der Waals surface area contributed by atoms with Gasteiger partial charge in [0.15, 0.2) is 0 Å². The van der Waals surface area contributed by atoms with Crippen LogP contribution in [-0.2, 0) is 14.4 Å². The molecule has 0 aromatic heterocycles. The van der Waals surface area contributed by atoms with Gasteiger partial charge in [-0.3, -0.25) is 10.1 Å². The maximum absolute atomic E-state index is 11.7. The Hall–Kier alpha value is -0.990. The molecule has 4 N–H and O–H groups in total. The summed E-state index contributed by atoms with van der Waals surface area (Å²) in [4.78, 5) is 16.8. The fraction of sp³-hybridized carbons (Fsp3) is 0.903. The summed E-state index contributed by atoms with van der Waals surface area (Å²) in [5, 5.41) is 43.5. The Balaban J connectivity index is 1.63. The van der Waals surface area contributed by atoms with Gasteiger partial charge in [0, 0.05) is 18.8 Å². The molecule has 0 saturated heterocycles. The van der Waals surface area contributed by atoms with Crippen LogP contribution in [0.15, 0.2) is 11.1 Å². The quantitative estimate of drug-likeness (QED) is 0.158. The van der Waals surface area contributed by atoms with Gasteiger partial charge in [0.05, 0.1) is 17.8 Å². The van der Waals surface area contributed by atoms with Crippen LogP contribution in [0.1, 0.15) is 107 Å². The Bertz CT molecular complexity index is 945. The molecule has 0 aliphatic heterocycles. The number of aliphatic hydroxyl groups excluding tert-OH is 2. The molecule has 4 aliphatic rings. The van der Waals surface area contributed by atoms with Crippen LogP contribution in [0.4, 0.5) is 0 Å². The van der Waals surface area contributed by atoms with Crippen molar-refractivity contribution in [2.45, 2.75) is 136 Å². The first kappa shape index (κ1) is 30.0. The molecule has 7 heteroatoms. The summed E-state index contributed by atoms with van der Waals surface area (Å²) in [5.74, 6) is 0.800. The number of carbonyl (C=O) groups excluding carboxylic acids is 1. The maximum Gasteiger partial charge on any atom is 0.303 e. The van der Waals surface area contributed by atoms with Gasteiger partial charge < -0.3 is 20.1 Å². The Morgan fingerprint density at radius 2 is 1.74 bits per heavy atom. The minimum atomic E-state index is -1.26. The number of rotatable bonds is 6. The number of fused-ring (bicyclic) bond motifs is 5. The van der Waals surface area contributed by atoms with E-state index in [0.29, 0.717) is 25.7 Å². The van der Waals surface area contributed by atoms with E-state index in [1.165, 1.54) is 18.1 Å². The van der Waals surface area contributed by atoms with E-state index in [0.717, 1.165) is 19.3 Å². The lowest BCUT2D eigenvalue weighted by atomic mass is 9.42. The predicted molar refractivity (Wildman–Crippen MR) is 145 cm³/mol. The number of esters is 1. The van der Waals surface area contributed by atoms with Gasteiger partial charge in [-0.15, -0.1) is 0 Å². The molecular formula is C31H52O7. The van der Waals surface area contributed by atoms with E-state index in [1.807, 2.05) is 13.8 Å². The number of ether oxygens (including phenoxy) is 1. The first-order valence-corrected chi connectivity index (χ1v) is 14.8. The van der Waals surface area contributed by atoms with Gasteiger partial charge in [-0.2, -0.15) is 0 Å². The van der Waals surface area contributed by atoms with Gasteiger partial charge in [0.25, 0.3) is 0 Å². The monoisotopic (exact) mass is 536 g/mol. The molecule has 0 amide bonds. The normalized spacial score (nSPS) is 45.9. The van der Waals surface area contributed by atoms with E-state index >= 15 is 0 Å². The Morgan fingerprint density at radius 1 is 1.08 bits per heavy atom. The van der Waals surface area contributed by atoms with E-state index in [4.69, 9.17) is 9.62 Å². The third kappa shape index (κ3) is 4.58. The van der Waals surface area contributed by atoms with Crippen molar-refractivity contribution in [3.63, 3.8) is 0 Å². The van der Waals surface area contributed by atoms with Crippen LogP contribution in [0.5, 0.6) is 0 Å². The van der Waals surface area contributed by atoms with E-state index in [9.17, 15) is 25.4 Å². The highest BCUT2D eigenvalue weighted by molar-refractivity contribution is 5.66. The Kier molecular flexibility index (Phi) is 7.99. The highest BCUT2D eigenvalue weighted by atomic mass is 17.1. The highest BCUT2D eigenvalue weighted by Crippen LogP contribution is 2.69. The molecule has 7 nitrogen and oxygen atoms in total. The average molecular weight is 537 g/mol. The van der Waals surface area contributed by atoms with Gasteiger partial charge in [-0.25, -0.2) is 4.89 Å². The second-order valence-corrected chi connectivity index (χ2v) is 14.5. The van der Waals surface area contributed by atoms with Crippen molar-refractivity contribution in [1.29, 1.82) is 0 Å². The number of aliphatic hydroxyl groups is 3. The van der Waals surface area contributed by atoms with E-state index < -0.39 is 28.8 Å². The smallest absolute Gasteiger partial charge is 0.303 e. The summed E-state index contributed by atoms with van der Waals surface area (Å²) in [5.41, 5.74) is -0.0367. The molecule has 0 bridgehead atoms. The third-order valence-corrected chi connectivity index (χ3v) is 12.2. The van der Waals surface area contributed by atoms with Gasteiger partial charge in [0.2, 0.25) is 0 Å². The second kappa shape index (κ2) is 10.1. The van der Waals surface area contributed by atoms with Crippen LogP contribution in [-0.4, -0.2) is 56.1 Å². The van der Waals surface area contributed by atoms with E-state index in [2.05, 4.69) is 34.6 Å². The minimum Gasteiger partial charge on any atom is -0.460 e. The van der Waals surface area contributed by atoms with E-state index in [1.54, 1.807) is 0 Å². The van der Waals surface area contributed by atoms with Crippen LogP contribution in [0, 0.1) is 40.4 Å². The highest BCUT2D eigenvalue weighted by Gasteiger charge is 2.68. The van der Waals surface area contributed by atoms with E-state index in [-0.39, 0.29) is 53.5 Å².